The molecule has 5 heteroatoms. The lowest BCUT2D eigenvalue weighted by Gasteiger charge is -2.24. The summed E-state index contributed by atoms with van der Waals surface area (Å²) in [7, 11) is 0. The Morgan fingerprint density at radius 3 is 3.23 bits per heavy atom. The van der Waals surface area contributed by atoms with Crippen molar-refractivity contribution in [2.75, 3.05) is 19.8 Å². The molecule has 0 saturated carbocycles. The summed E-state index contributed by atoms with van der Waals surface area (Å²) in [5.41, 5.74) is 1.16. The van der Waals surface area contributed by atoms with Gasteiger partial charge in [-0.3, -0.25) is 0 Å². The highest BCUT2D eigenvalue weighted by Crippen LogP contribution is 2.33. The number of imidazole rings is 1. The van der Waals surface area contributed by atoms with Crippen molar-refractivity contribution in [3.63, 3.8) is 0 Å². The number of benzene rings is 1. The van der Waals surface area contributed by atoms with Gasteiger partial charge in [0, 0.05) is 43.5 Å². The third kappa shape index (κ3) is 2.57. The van der Waals surface area contributed by atoms with Crippen LogP contribution in [0.3, 0.4) is 0 Å². The first-order valence-electron chi connectivity index (χ1n) is 8.01. The highest BCUT2D eigenvalue weighted by molar-refractivity contribution is 5.47. The van der Waals surface area contributed by atoms with Gasteiger partial charge >= 0.3 is 0 Å². The van der Waals surface area contributed by atoms with Gasteiger partial charge in [-0.1, -0.05) is 12.1 Å². The Labute approximate surface area is 130 Å². The van der Waals surface area contributed by atoms with Gasteiger partial charge in [-0.2, -0.15) is 0 Å². The van der Waals surface area contributed by atoms with Crippen molar-refractivity contribution in [2.24, 2.45) is 0 Å². The molecule has 1 aromatic heterocycles. The molecule has 1 aromatic carbocycles. The highest BCUT2D eigenvalue weighted by Gasteiger charge is 2.21. The maximum absolute atomic E-state index is 5.76. The zero-order valence-corrected chi connectivity index (χ0v) is 12.6. The highest BCUT2D eigenvalue weighted by atomic mass is 16.6. The van der Waals surface area contributed by atoms with E-state index in [1.807, 2.05) is 18.3 Å². The van der Waals surface area contributed by atoms with Crippen molar-refractivity contribution in [1.29, 1.82) is 0 Å². The third-order valence-electron chi connectivity index (χ3n) is 4.42. The summed E-state index contributed by atoms with van der Waals surface area (Å²) in [6.45, 7) is 4.10. The van der Waals surface area contributed by atoms with Crippen LogP contribution in [0.15, 0.2) is 30.6 Å². The van der Waals surface area contributed by atoms with Crippen molar-refractivity contribution < 1.29 is 9.47 Å². The van der Waals surface area contributed by atoms with Gasteiger partial charge in [0.1, 0.15) is 19.0 Å². The van der Waals surface area contributed by atoms with Crippen LogP contribution in [-0.4, -0.2) is 29.3 Å². The molecule has 4 rings (SSSR count). The summed E-state index contributed by atoms with van der Waals surface area (Å²) in [6.07, 6.45) is 6.43. The van der Waals surface area contributed by atoms with Gasteiger partial charge in [0.05, 0.1) is 0 Å². The van der Waals surface area contributed by atoms with Crippen molar-refractivity contribution >= 4 is 0 Å². The lowest BCUT2D eigenvalue weighted by atomic mass is 9.99. The fourth-order valence-electron chi connectivity index (χ4n) is 3.35. The van der Waals surface area contributed by atoms with Crippen molar-refractivity contribution in [2.45, 2.75) is 31.8 Å². The van der Waals surface area contributed by atoms with E-state index in [0.29, 0.717) is 19.1 Å². The summed E-state index contributed by atoms with van der Waals surface area (Å²) in [5, 5.41) is 3.56. The molecule has 0 saturated heterocycles. The molecule has 2 aliphatic rings. The first-order chi connectivity index (χ1) is 10.9. The van der Waals surface area contributed by atoms with E-state index in [2.05, 4.69) is 27.1 Å². The number of aromatic nitrogens is 2. The van der Waals surface area contributed by atoms with E-state index in [1.165, 1.54) is 18.7 Å². The fourth-order valence-corrected chi connectivity index (χ4v) is 3.35. The van der Waals surface area contributed by atoms with Crippen LogP contribution in [-0.2, 0) is 13.1 Å². The molecule has 0 spiro atoms. The van der Waals surface area contributed by atoms with Crippen LogP contribution in [0.5, 0.6) is 11.5 Å². The van der Waals surface area contributed by atoms with Crippen LogP contribution in [0.4, 0.5) is 0 Å². The van der Waals surface area contributed by atoms with Gasteiger partial charge in [0.15, 0.2) is 11.5 Å². The molecule has 116 valence electrons. The lowest BCUT2D eigenvalue weighted by Crippen LogP contribution is -2.27. The van der Waals surface area contributed by atoms with Gasteiger partial charge < -0.3 is 19.4 Å². The van der Waals surface area contributed by atoms with Crippen LogP contribution in [0, 0.1) is 0 Å². The van der Waals surface area contributed by atoms with Gasteiger partial charge in [0.25, 0.3) is 0 Å². The maximum Gasteiger partial charge on any atom is 0.165 e. The molecular weight excluding hydrogens is 278 g/mol. The minimum absolute atomic E-state index is 0.500. The molecule has 0 amide bonds. The van der Waals surface area contributed by atoms with E-state index in [1.54, 1.807) is 0 Å². The second-order valence-corrected chi connectivity index (χ2v) is 5.89. The number of aryl methyl sites for hydroxylation is 1. The third-order valence-corrected chi connectivity index (χ3v) is 4.42. The second-order valence-electron chi connectivity index (χ2n) is 5.89. The van der Waals surface area contributed by atoms with E-state index in [0.717, 1.165) is 36.7 Å². The van der Waals surface area contributed by atoms with E-state index in [9.17, 15) is 0 Å². The number of fused-ring (bicyclic) bond motifs is 2. The normalized spacial score (nSPS) is 19.7. The Balaban J connectivity index is 1.40. The molecule has 0 fully saturated rings. The molecule has 22 heavy (non-hydrogen) atoms. The molecule has 0 aliphatic carbocycles. The summed E-state index contributed by atoms with van der Waals surface area (Å²) in [4.78, 5) is 4.51. The number of nitrogens with zero attached hydrogens (tertiary/aromatic N) is 2. The monoisotopic (exact) mass is 299 g/mol. The molecule has 1 atom stereocenters. The lowest BCUT2D eigenvalue weighted by molar-refractivity contribution is 0.169. The largest absolute Gasteiger partial charge is 0.486 e. The van der Waals surface area contributed by atoms with Gasteiger partial charge in [0.2, 0.25) is 0 Å². The van der Waals surface area contributed by atoms with E-state index >= 15 is 0 Å². The number of hydrogen-bond acceptors (Lipinski definition) is 4. The predicted molar refractivity (Wildman–Crippen MR) is 83.3 cm³/mol. The fraction of sp³-hybridized carbons (Fsp3) is 0.471. The quantitative estimate of drug-likeness (QED) is 0.941. The molecule has 5 nitrogen and oxygen atoms in total. The second kappa shape index (κ2) is 6.01. The van der Waals surface area contributed by atoms with Gasteiger partial charge in [-0.25, -0.2) is 4.98 Å². The number of para-hydroxylation sites is 1. The average Bonchev–Trinajstić information content (AvgIpc) is 3.05. The van der Waals surface area contributed by atoms with Gasteiger partial charge in [-0.15, -0.1) is 0 Å². The Hall–Kier alpha value is -2.01. The van der Waals surface area contributed by atoms with Crippen molar-refractivity contribution in [1.82, 2.24) is 14.9 Å². The maximum atomic E-state index is 5.76. The van der Waals surface area contributed by atoms with E-state index in [-0.39, 0.29) is 0 Å². The molecule has 3 heterocycles. The number of hydrogen-bond donors (Lipinski definition) is 1. The molecule has 2 aromatic rings. The SMILES string of the molecule is c1cc(CNCC2CCCn3ccnc32)c2c(c1)OCCO2. The topological polar surface area (TPSA) is 48.3 Å². The van der Waals surface area contributed by atoms with Crippen LogP contribution < -0.4 is 14.8 Å². The predicted octanol–water partition coefficient (Wildman–Crippen LogP) is 2.32. The molecular formula is C17H21N3O2. The Kier molecular flexibility index (Phi) is 3.72. The summed E-state index contributed by atoms with van der Waals surface area (Å²) in [6, 6.07) is 6.09. The van der Waals surface area contributed by atoms with Crippen LogP contribution in [0.1, 0.15) is 30.1 Å². The molecule has 0 bridgehead atoms. The minimum atomic E-state index is 0.500. The standard InChI is InChI=1S/C17H21N3O2/c1-3-13(16-15(5-1)21-9-10-22-16)11-18-12-14-4-2-7-20-8-6-19-17(14)20/h1,3,5-6,8,14,18H,2,4,7,9-12H2. The minimum Gasteiger partial charge on any atom is -0.486 e. The summed E-state index contributed by atoms with van der Waals surface area (Å²) < 4.78 is 13.7. The molecule has 1 N–H and O–H groups in total. The summed E-state index contributed by atoms with van der Waals surface area (Å²) in [5.74, 6) is 3.47. The number of ether oxygens (including phenoxy) is 2. The zero-order chi connectivity index (χ0) is 14.8. The van der Waals surface area contributed by atoms with E-state index < -0.39 is 0 Å². The first kappa shape index (κ1) is 13.6. The average molecular weight is 299 g/mol. The summed E-state index contributed by atoms with van der Waals surface area (Å²) >= 11 is 0. The molecule has 0 radical (unpaired) electrons. The van der Waals surface area contributed by atoms with Crippen molar-refractivity contribution in [3.8, 4) is 11.5 Å². The molecule has 1 unspecified atom stereocenters. The number of nitrogens with one attached hydrogen (secondary N) is 1. The van der Waals surface area contributed by atoms with Crippen LogP contribution in [0.25, 0.3) is 0 Å². The van der Waals surface area contributed by atoms with Gasteiger partial charge in [-0.05, 0) is 18.9 Å². The van der Waals surface area contributed by atoms with Crippen LogP contribution >= 0.6 is 0 Å². The van der Waals surface area contributed by atoms with E-state index in [4.69, 9.17) is 9.47 Å². The smallest absolute Gasteiger partial charge is 0.165 e. The Morgan fingerprint density at radius 2 is 2.23 bits per heavy atom. The Morgan fingerprint density at radius 1 is 1.27 bits per heavy atom. The van der Waals surface area contributed by atoms with Crippen LogP contribution in [0.2, 0.25) is 0 Å². The first-order valence-corrected chi connectivity index (χ1v) is 8.01. The molecule has 2 aliphatic heterocycles. The van der Waals surface area contributed by atoms with Crippen molar-refractivity contribution in [3.05, 3.63) is 42.0 Å². The zero-order valence-electron chi connectivity index (χ0n) is 12.6. The number of rotatable bonds is 4. The Bertz CT molecular complexity index is 653.